The number of allylic oxidation sites excluding steroid dienone is 6. The summed E-state index contributed by atoms with van der Waals surface area (Å²) in [5.74, 6) is 4.58. The largest absolute Gasteiger partial charge is 0.377 e. The molecule has 0 spiro atoms. The maximum absolute atomic E-state index is 9.23. The molecule has 0 radical (unpaired) electrons. The molecular formula is C34H54O2. The quantitative estimate of drug-likeness (QED) is 0.0755. The Hall–Kier alpha value is -2.00. The number of hydrogen-bond acceptors (Lipinski definition) is 2. The van der Waals surface area contributed by atoms with Gasteiger partial charge in [-0.05, 0) is 89.2 Å². The van der Waals surface area contributed by atoms with Crippen molar-refractivity contribution in [2.75, 3.05) is 0 Å². The number of terminal acetylenes is 2. The van der Waals surface area contributed by atoms with E-state index >= 15 is 0 Å². The molecule has 202 valence electrons. The van der Waals surface area contributed by atoms with Gasteiger partial charge in [-0.2, -0.15) is 0 Å². The fourth-order valence-corrected chi connectivity index (χ4v) is 4.02. The summed E-state index contributed by atoms with van der Waals surface area (Å²) in [6, 6.07) is 0. The van der Waals surface area contributed by atoms with Gasteiger partial charge >= 0.3 is 0 Å². The lowest BCUT2D eigenvalue weighted by Gasteiger charge is -2.00. The summed E-state index contributed by atoms with van der Waals surface area (Å²) in [5, 5.41) is 18.4. The van der Waals surface area contributed by atoms with E-state index in [1.54, 1.807) is 12.2 Å². The van der Waals surface area contributed by atoms with Crippen LogP contribution in [0.15, 0.2) is 48.6 Å². The minimum Gasteiger partial charge on any atom is -0.377 e. The Kier molecular flexibility index (Phi) is 27.6. The predicted octanol–water partition coefficient (Wildman–Crippen LogP) is 9.00. The highest BCUT2D eigenvalue weighted by Crippen LogP contribution is 2.11. The van der Waals surface area contributed by atoms with Crippen LogP contribution in [0.25, 0.3) is 0 Å². The summed E-state index contributed by atoms with van der Waals surface area (Å²) in [5.41, 5.74) is 0. The first-order chi connectivity index (χ1) is 17.7. The molecule has 0 aliphatic heterocycles. The molecule has 2 atom stereocenters. The van der Waals surface area contributed by atoms with Crippen LogP contribution in [0.4, 0.5) is 0 Å². The molecule has 36 heavy (non-hydrogen) atoms. The summed E-state index contributed by atoms with van der Waals surface area (Å²) >= 11 is 0. The lowest BCUT2D eigenvalue weighted by Crippen LogP contribution is -1.95. The first-order valence-corrected chi connectivity index (χ1v) is 14.6. The van der Waals surface area contributed by atoms with Gasteiger partial charge in [0.15, 0.2) is 0 Å². The van der Waals surface area contributed by atoms with Crippen LogP contribution in [-0.2, 0) is 0 Å². The van der Waals surface area contributed by atoms with Crippen molar-refractivity contribution < 1.29 is 10.2 Å². The zero-order valence-electron chi connectivity index (χ0n) is 23.0. The third-order valence-electron chi connectivity index (χ3n) is 6.29. The van der Waals surface area contributed by atoms with Gasteiger partial charge in [0, 0.05) is 0 Å². The van der Waals surface area contributed by atoms with Crippen molar-refractivity contribution in [3.63, 3.8) is 0 Å². The van der Waals surface area contributed by atoms with E-state index < -0.39 is 12.2 Å². The van der Waals surface area contributed by atoms with E-state index in [9.17, 15) is 10.2 Å². The highest BCUT2D eigenvalue weighted by molar-refractivity contribution is 5.06. The van der Waals surface area contributed by atoms with Crippen molar-refractivity contribution in [3.05, 3.63) is 48.6 Å². The van der Waals surface area contributed by atoms with Crippen LogP contribution in [0.3, 0.4) is 0 Å². The van der Waals surface area contributed by atoms with Gasteiger partial charge in [0.05, 0.1) is 0 Å². The molecule has 0 unspecified atom stereocenters. The minimum absolute atomic E-state index is 0.722. The van der Waals surface area contributed by atoms with Crippen LogP contribution in [0.5, 0.6) is 0 Å². The molecule has 2 nitrogen and oxygen atoms in total. The Morgan fingerprint density at radius 3 is 0.889 bits per heavy atom. The molecule has 0 aromatic rings. The molecule has 0 heterocycles. The summed E-state index contributed by atoms with van der Waals surface area (Å²) in [4.78, 5) is 0. The molecular weight excluding hydrogens is 440 g/mol. The molecule has 0 saturated heterocycles. The van der Waals surface area contributed by atoms with Gasteiger partial charge < -0.3 is 10.2 Å². The lowest BCUT2D eigenvalue weighted by molar-refractivity contribution is 0.280. The molecule has 0 bridgehead atoms. The van der Waals surface area contributed by atoms with Crippen molar-refractivity contribution in [1.82, 2.24) is 0 Å². The predicted molar refractivity (Wildman–Crippen MR) is 159 cm³/mol. The molecule has 2 N–H and O–H groups in total. The van der Waals surface area contributed by atoms with E-state index in [4.69, 9.17) is 12.8 Å². The van der Waals surface area contributed by atoms with Gasteiger partial charge in [-0.15, -0.1) is 12.8 Å². The topological polar surface area (TPSA) is 40.5 Å². The summed E-state index contributed by atoms with van der Waals surface area (Å²) in [6.07, 6.45) is 50.6. The molecule has 2 heteroatoms. The number of aliphatic hydroxyl groups is 2. The highest BCUT2D eigenvalue weighted by atomic mass is 16.3. The number of aliphatic hydroxyl groups excluding tert-OH is 2. The van der Waals surface area contributed by atoms with Crippen LogP contribution in [0, 0.1) is 24.7 Å². The maximum Gasteiger partial charge on any atom is 0.133 e. The van der Waals surface area contributed by atoms with E-state index in [1.165, 1.54) is 116 Å². The second-order valence-electron chi connectivity index (χ2n) is 9.70. The molecule has 0 aliphatic rings. The van der Waals surface area contributed by atoms with E-state index in [0.717, 1.165) is 12.8 Å². The van der Waals surface area contributed by atoms with Gasteiger partial charge in [-0.3, -0.25) is 0 Å². The SMILES string of the molecule is C#C[C@H](O)/C=C/CCCCCCCC=CCCCCC=CCCCCCCCCC/C=C/[C@@H](O)C#C. The number of rotatable bonds is 25. The molecule has 0 aromatic carbocycles. The van der Waals surface area contributed by atoms with E-state index in [-0.39, 0.29) is 0 Å². The number of unbranched alkanes of at least 4 members (excludes halogenated alkanes) is 17. The van der Waals surface area contributed by atoms with Gasteiger partial charge in [0.2, 0.25) is 0 Å². The van der Waals surface area contributed by atoms with Crippen molar-refractivity contribution in [2.45, 2.75) is 141 Å². The van der Waals surface area contributed by atoms with Crippen LogP contribution >= 0.6 is 0 Å². The molecule has 0 saturated carbocycles. The maximum atomic E-state index is 9.23. The number of hydrogen-bond donors (Lipinski definition) is 2. The average Bonchev–Trinajstić information content (AvgIpc) is 2.89. The zero-order valence-corrected chi connectivity index (χ0v) is 23.0. The van der Waals surface area contributed by atoms with Crippen molar-refractivity contribution in [3.8, 4) is 24.7 Å². The monoisotopic (exact) mass is 494 g/mol. The van der Waals surface area contributed by atoms with Crippen LogP contribution in [-0.4, -0.2) is 22.4 Å². The molecule has 0 amide bonds. The molecule has 0 rings (SSSR count). The Bertz CT molecular complexity index is 656. The molecule has 0 fully saturated rings. The van der Waals surface area contributed by atoms with Gasteiger partial charge in [0.1, 0.15) is 12.2 Å². The van der Waals surface area contributed by atoms with Crippen LogP contribution in [0.1, 0.15) is 128 Å². The van der Waals surface area contributed by atoms with Gasteiger partial charge in [0.25, 0.3) is 0 Å². The van der Waals surface area contributed by atoms with Crippen molar-refractivity contribution >= 4 is 0 Å². The zero-order chi connectivity index (χ0) is 26.4. The van der Waals surface area contributed by atoms with E-state index in [1.807, 2.05) is 12.2 Å². The van der Waals surface area contributed by atoms with Crippen molar-refractivity contribution in [1.29, 1.82) is 0 Å². The summed E-state index contributed by atoms with van der Waals surface area (Å²) in [7, 11) is 0. The van der Waals surface area contributed by atoms with E-state index in [2.05, 4.69) is 36.1 Å². The summed E-state index contributed by atoms with van der Waals surface area (Å²) in [6.45, 7) is 0. The van der Waals surface area contributed by atoms with Crippen molar-refractivity contribution in [2.24, 2.45) is 0 Å². The fourth-order valence-electron chi connectivity index (χ4n) is 4.02. The third kappa shape index (κ3) is 28.2. The highest BCUT2D eigenvalue weighted by Gasteiger charge is 1.93. The Balaban J connectivity index is 3.26. The Morgan fingerprint density at radius 2 is 0.611 bits per heavy atom. The average molecular weight is 495 g/mol. The molecule has 0 aliphatic carbocycles. The summed E-state index contributed by atoms with van der Waals surface area (Å²) < 4.78 is 0. The second kappa shape index (κ2) is 29.2. The van der Waals surface area contributed by atoms with E-state index in [0.29, 0.717) is 0 Å². The third-order valence-corrected chi connectivity index (χ3v) is 6.29. The first kappa shape index (κ1) is 34.0. The van der Waals surface area contributed by atoms with Gasteiger partial charge in [-0.1, -0.05) is 99.7 Å². The fraction of sp³-hybridized carbons (Fsp3) is 0.647. The van der Waals surface area contributed by atoms with Crippen LogP contribution in [0.2, 0.25) is 0 Å². The Morgan fingerprint density at radius 1 is 0.389 bits per heavy atom. The van der Waals surface area contributed by atoms with Gasteiger partial charge in [-0.25, -0.2) is 0 Å². The molecule has 0 aromatic heterocycles. The smallest absolute Gasteiger partial charge is 0.133 e. The second-order valence-corrected chi connectivity index (χ2v) is 9.70. The lowest BCUT2D eigenvalue weighted by atomic mass is 10.1. The first-order valence-electron chi connectivity index (χ1n) is 14.6. The Labute approximate surface area is 224 Å². The standard InChI is InChI=1S/C34H54O2/c1-3-33(35)31-29-27-25-23-21-19-17-15-13-11-9-7-5-6-8-10-12-14-16-18-20-22-24-26-28-30-32-34(36)4-2/h1-2,7,9,12,14,29-36H,5-6,8,10-11,13,15-28H2/b9-7?,14-12?,31-29+,32-30+/t33-,34-/m0/s1. The minimum atomic E-state index is -0.724. The van der Waals surface area contributed by atoms with Crippen LogP contribution < -0.4 is 0 Å². The normalized spacial score (nSPS) is 13.7.